The predicted molar refractivity (Wildman–Crippen MR) is 38.9 cm³/mol. The van der Waals surface area contributed by atoms with Gasteiger partial charge < -0.3 is 4.90 Å². The molecule has 1 aliphatic heterocycles. The summed E-state index contributed by atoms with van der Waals surface area (Å²) in [4.78, 5) is 12.0. The minimum atomic E-state index is -4.77. The Kier molecular flexibility index (Phi) is 2.44. The van der Waals surface area contributed by atoms with Crippen molar-refractivity contribution in [1.82, 2.24) is 9.91 Å². The zero-order valence-corrected chi connectivity index (χ0v) is 6.88. The Balaban J connectivity index is 2.43. The number of hydrogen-bond donors (Lipinski definition) is 0. The van der Waals surface area contributed by atoms with Gasteiger partial charge in [0.25, 0.3) is 5.78 Å². The first kappa shape index (κ1) is 9.82. The number of alkyl halides is 3. The lowest BCUT2D eigenvalue weighted by Gasteiger charge is -2.15. The van der Waals surface area contributed by atoms with Crippen LogP contribution in [0.25, 0.3) is 0 Å². The Hall–Kier alpha value is -1.27. The third-order valence-electron chi connectivity index (χ3n) is 1.44. The number of rotatable bonds is 2. The number of carbonyl (C=O) groups excluding carboxylic acids is 1. The van der Waals surface area contributed by atoms with Crippen LogP contribution in [-0.4, -0.2) is 48.5 Å². The van der Waals surface area contributed by atoms with Crippen molar-refractivity contribution in [3.63, 3.8) is 0 Å². The second-order valence-corrected chi connectivity index (χ2v) is 2.71. The molecule has 0 radical (unpaired) electrons. The molecule has 0 N–H and O–H groups in total. The van der Waals surface area contributed by atoms with E-state index in [1.807, 2.05) is 0 Å². The van der Waals surface area contributed by atoms with Crippen molar-refractivity contribution >= 4 is 12.1 Å². The number of nitrogens with zero attached hydrogens (tertiary/aromatic N) is 3. The molecule has 0 atom stereocenters. The first-order valence-corrected chi connectivity index (χ1v) is 3.49. The standard InChI is InChI=1S/C6H8F3N3O/c1-11-3-10-12(4-11)2-5(13)6(7,8)9/h3H,2,4H2,1H3. The highest BCUT2D eigenvalue weighted by Gasteiger charge is 2.39. The van der Waals surface area contributed by atoms with Gasteiger partial charge in [-0.05, 0) is 0 Å². The molecule has 0 aliphatic carbocycles. The van der Waals surface area contributed by atoms with E-state index in [1.165, 1.54) is 6.34 Å². The molecule has 0 bridgehead atoms. The summed E-state index contributed by atoms with van der Waals surface area (Å²) in [6, 6.07) is 0. The highest BCUT2D eigenvalue weighted by atomic mass is 19.4. The Morgan fingerprint density at radius 1 is 1.62 bits per heavy atom. The Morgan fingerprint density at radius 3 is 2.62 bits per heavy atom. The lowest BCUT2D eigenvalue weighted by Crippen LogP contribution is -2.35. The average Bonchev–Trinajstić information content (AvgIpc) is 2.33. The van der Waals surface area contributed by atoms with Crippen LogP contribution in [0, 0.1) is 0 Å². The lowest BCUT2D eigenvalue weighted by atomic mass is 10.4. The van der Waals surface area contributed by atoms with E-state index >= 15 is 0 Å². The third kappa shape index (κ3) is 2.60. The SMILES string of the molecule is CN1C=NN(CC(=O)C(F)(F)F)C1. The number of halogens is 3. The van der Waals surface area contributed by atoms with Crippen LogP contribution in [0.15, 0.2) is 5.10 Å². The molecule has 0 aromatic rings. The van der Waals surface area contributed by atoms with Crippen LogP contribution in [0.1, 0.15) is 0 Å². The molecule has 4 nitrogen and oxygen atoms in total. The van der Waals surface area contributed by atoms with Gasteiger partial charge in [-0.15, -0.1) is 0 Å². The second kappa shape index (κ2) is 3.23. The topological polar surface area (TPSA) is 35.9 Å². The van der Waals surface area contributed by atoms with Gasteiger partial charge in [0, 0.05) is 7.05 Å². The fraction of sp³-hybridized carbons (Fsp3) is 0.667. The summed E-state index contributed by atoms with van der Waals surface area (Å²) in [5.74, 6) is -1.78. The van der Waals surface area contributed by atoms with E-state index in [4.69, 9.17) is 0 Å². The maximum Gasteiger partial charge on any atom is 0.451 e. The predicted octanol–water partition coefficient (Wildman–Crippen LogP) is 0.266. The molecular weight excluding hydrogens is 187 g/mol. The van der Waals surface area contributed by atoms with Crippen LogP contribution in [0.5, 0.6) is 0 Å². The monoisotopic (exact) mass is 195 g/mol. The number of hydrogen-bond acceptors (Lipinski definition) is 4. The molecule has 74 valence electrons. The summed E-state index contributed by atoms with van der Waals surface area (Å²) in [5.41, 5.74) is 0. The van der Waals surface area contributed by atoms with Crippen molar-refractivity contribution in [1.29, 1.82) is 0 Å². The molecule has 0 unspecified atom stereocenters. The van der Waals surface area contributed by atoms with Gasteiger partial charge in [-0.2, -0.15) is 18.3 Å². The van der Waals surface area contributed by atoms with E-state index in [0.717, 1.165) is 5.01 Å². The molecule has 0 aromatic carbocycles. The molecule has 0 spiro atoms. The van der Waals surface area contributed by atoms with Crippen LogP contribution >= 0.6 is 0 Å². The van der Waals surface area contributed by atoms with Crippen LogP contribution < -0.4 is 0 Å². The van der Waals surface area contributed by atoms with Crippen LogP contribution in [0.4, 0.5) is 13.2 Å². The van der Waals surface area contributed by atoms with Crippen molar-refractivity contribution < 1.29 is 18.0 Å². The van der Waals surface area contributed by atoms with Crippen molar-refractivity contribution in [2.75, 3.05) is 20.3 Å². The molecule has 0 amide bonds. The molecule has 0 aromatic heterocycles. The fourth-order valence-corrected chi connectivity index (χ4v) is 0.838. The Morgan fingerprint density at radius 2 is 2.23 bits per heavy atom. The first-order chi connectivity index (χ1) is 5.89. The smallest absolute Gasteiger partial charge is 0.345 e. The minimum Gasteiger partial charge on any atom is -0.345 e. The number of Topliss-reactive ketones (excluding diaryl/α,β-unsaturated/α-hetero) is 1. The average molecular weight is 195 g/mol. The van der Waals surface area contributed by atoms with Gasteiger partial charge in [-0.25, -0.2) is 0 Å². The van der Waals surface area contributed by atoms with Crippen molar-refractivity contribution in [2.45, 2.75) is 6.18 Å². The van der Waals surface area contributed by atoms with Crippen molar-refractivity contribution in [2.24, 2.45) is 5.10 Å². The van der Waals surface area contributed by atoms with Gasteiger partial charge in [0.15, 0.2) is 0 Å². The lowest BCUT2D eigenvalue weighted by molar-refractivity contribution is -0.172. The van der Waals surface area contributed by atoms with Gasteiger partial charge in [-0.1, -0.05) is 0 Å². The van der Waals surface area contributed by atoms with Crippen molar-refractivity contribution in [3.05, 3.63) is 0 Å². The van der Waals surface area contributed by atoms with Crippen molar-refractivity contribution in [3.8, 4) is 0 Å². The van der Waals surface area contributed by atoms with Gasteiger partial charge in [0.1, 0.15) is 19.6 Å². The highest BCUT2D eigenvalue weighted by molar-refractivity contribution is 5.86. The largest absolute Gasteiger partial charge is 0.451 e. The molecule has 0 saturated heterocycles. The molecule has 1 aliphatic rings. The van der Waals surface area contributed by atoms with Gasteiger partial charge in [-0.3, -0.25) is 9.80 Å². The van der Waals surface area contributed by atoms with E-state index in [1.54, 1.807) is 11.9 Å². The quantitative estimate of drug-likeness (QED) is 0.634. The molecule has 1 heterocycles. The van der Waals surface area contributed by atoms with Crippen LogP contribution in [0.2, 0.25) is 0 Å². The Bertz CT molecular complexity index is 238. The zero-order valence-electron chi connectivity index (χ0n) is 6.88. The summed E-state index contributed by atoms with van der Waals surface area (Å²) >= 11 is 0. The fourth-order valence-electron chi connectivity index (χ4n) is 0.838. The number of ketones is 1. The summed E-state index contributed by atoms with van der Waals surface area (Å²) in [6.07, 6.45) is -3.40. The zero-order chi connectivity index (χ0) is 10.1. The molecular formula is C6H8F3N3O. The molecule has 13 heavy (non-hydrogen) atoms. The Labute approximate surface area is 72.6 Å². The van der Waals surface area contributed by atoms with Crippen LogP contribution in [-0.2, 0) is 4.79 Å². The highest BCUT2D eigenvalue weighted by Crippen LogP contribution is 2.17. The molecule has 1 rings (SSSR count). The van der Waals surface area contributed by atoms with E-state index < -0.39 is 18.5 Å². The van der Waals surface area contributed by atoms with Gasteiger partial charge >= 0.3 is 6.18 Å². The maximum absolute atomic E-state index is 11.8. The molecule has 0 saturated carbocycles. The van der Waals surface area contributed by atoms with E-state index in [0.29, 0.717) is 0 Å². The summed E-state index contributed by atoms with van der Waals surface area (Å²) in [7, 11) is 1.65. The molecule has 0 fully saturated rings. The van der Waals surface area contributed by atoms with Crippen LogP contribution in [0.3, 0.4) is 0 Å². The van der Waals surface area contributed by atoms with Gasteiger partial charge in [0.05, 0.1) is 0 Å². The minimum absolute atomic E-state index is 0.210. The summed E-state index contributed by atoms with van der Waals surface area (Å²) < 4.78 is 35.3. The summed E-state index contributed by atoms with van der Waals surface area (Å²) in [6.45, 7) is -0.508. The van der Waals surface area contributed by atoms with E-state index in [-0.39, 0.29) is 6.67 Å². The normalized spacial score (nSPS) is 16.9. The second-order valence-electron chi connectivity index (χ2n) is 2.71. The molecule has 7 heteroatoms. The van der Waals surface area contributed by atoms with E-state index in [9.17, 15) is 18.0 Å². The third-order valence-corrected chi connectivity index (χ3v) is 1.44. The first-order valence-electron chi connectivity index (χ1n) is 3.49. The number of carbonyl (C=O) groups is 1. The van der Waals surface area contributed by atoms with Gasteiger partial charge in [0.2, 0.25) is 0 Å². The van der Waals surface area contributed by atoms with E-state index in [2.05, 4.69) is 5.10 Å². The maximum atomic E-state index is 11.8. The summed E-state index contributed by atoms with van der Waals surface area (Å²) in [5, 5.41) is 4.64. The number of hydrazone groups is 1.